The Kier molecular flexibility index (Phi) is 6.04. The quantitative estimate of drug-likeness (QED) is 0.852. The summed E-state index contributed by atoms with van der Waals surface area (Å²) in [5.74, 6) is -0.205. The second-order valence-corrected chi connectivity index (χ2v) is 6.89. The Balaban J connectivity index is 1.97. The fourth-order valence-electron chi connectivity index (χ4n) is 1.74. The van der Waals surface area contributed by atoms with Crippen LogP contribution in [0.4, 0.5) is 5.13 Å². The predicted molar refractivity (Wildman–Crippen MR) is 95.5 cm³/mol. The summed E-state index contributed by atoms with van der Waals surface area (Å²) in [4.78, 5) is 30.0. The number of rotatable bonds is 5. The third kappa shape index (κ3) is 4.59. The van der Waals surface area contributed by atoms with Gasteiger partial charge in [-0.3, -0.25) is 14.9 Å². The summed E-state index contributed by atoms with van der Waals surface area (Å²) in [7, 11) is 3.31. The van der Waals surface area contributed by atoms with Crippen LogP contribution in [0.1, 0.15) is 15.4 Å². The lowest BCUT2D eigenvalue weighted by molar-refractivity contribution is -0.118. The number of hydrogen-bond donors (Lipinski definition) is 1. The second-order valence-electron chi connectivity index (χ2n) is 5.04. The SMILES string of the molecule is Cc1nc(NC(=O)COc2ccc(Cl)cc2Cl)sc1C(=O)N(C)C. The molecule has 1 aromatic carbocycles. The molecule has 0 saturated heterocycles. The minimum absolute atomic E-state index is 0.158. The van der Waals surface area contributed by atoms with Gasteiger partial charge in [0.1, 0.15) is 10.6 Å². The second kappa shape index (κ2) is 7.83. The van der Waals surface area contributed by atoms with Gasteiger partial charge in [0, 0.05) is 19.1 Å². The van der Waals surface area contributed by atoms with Crippen molar-refractivity contribution in [2.75, 3.05) is 26.0 Å². The molecule has 2 amide bonds. The number of carbonyl (C=O) groups is 2. The lowest BCUT2D eigenvalue weighted by Gasteiger charge is -2.08. The Labute approximate surface area is 153 Å². The number of benzene rings is 1. The average Bonchev–Trinajstić information content (AvgIpc) is 2.85. The number of nitrogens with one attached hydrogen (secondary N) is 1. The molecular formula is C15H15Cl2N3O3S. The Morgan fingerprint density at radius 2 is 2.04 bits per heavy atom. The van der Waals surface area contributed by atoms with Crippen molar-refractivity contribution < 1.29 is 14.3 Å². The molecule has 6 nitrogen and oxygen atoms in total. The van der Waals surface area contributed by atoms with E-state index in [4.69, 9.17) is 27.9 Å². The topological polar surface area (TPSA) is 71.5 Å². The first kappa shape index (κ1) is 18.5. The first-order valence-electron chi connectivity index (χ1n) is 6.84. The number of amides is 2. The molecule has 0 unspecified atom stereocenters. The summed E-state index contributed by atoms with van der Waals surface area (Å²) >= 11 is 12.9. The zero-order valence-corrected chi connectivity index (χ0v) is 15.6. The van der Waals surface area contributed by atoms with Crippen LogP contribution in [-0.4, -0.2) is 42.4 Å². The third-order valence-electron chi connectivity index (χ3n) is 2.90. The average molecular weight is 388 g/mol. The third-order valence-corrected chi connectivity index (χ3v) is 4.49. The molecule has 0 saturated carbocycles. The van der Waals surface area contributed by atoms with Crippen molar-refractivity contribution in [3.8, 4) is 5.75 Å². The van der Waals surface area contributed by atoms with Gasteiger partial charge < -0.3 is 9.64 Å². The van der Waals surface area contributed by atoms with Crippen LogP contribution in [0.5, 0.6) is 5.75 Å². The minimum Gasteiger partial charge on any atom is -0.482 e. The van der Waals surface area contributed by atoms with E-state index in [1.807, 2.05) is 0 Å². The largest absolute Gasteiger partial charge is 0.482 e. The number of nitrogens with zero attached hydrogens (tertiary/aromatic N) is 2. The molecule has 0 atom stereocenters. The zero-order chi connectivity index (χ0) is 17.9. The minimum atomic E-state index is -0.404. The maximum atomic E-state index is 12.0. The van der Waals surface area contributed by atoms with Crippen molar-refractivity contribution >= 4 is 51.5 Å². The number of anilines is 1. The van der Waals surface area contributed by atoms with Crippen molar-refractivity contribution in [2.24, 2.45) is 0 Å². The maximum absolute atomic E-state index is 12.0. The Hall–Kier alpha value is -1.83. The van der Waals surface area contributed by atoms with E-state index >= 15 is 0 Å². The van der Waals surface area contributed by atoms with Crippen LogP contribution in [0.25, 0.3) is 0 Å². The molecule has 1 aromatic heterocycles. The highest BCUT2D eigenvalue weighted by Crippen LogP contribution is 2.27. The van der Waals surface area contributed by atoms with Gasteiger partial charge in [0.15, 0.2) is 11.7 Å². The monoisotopic (exact) mass is 387 g/mol. The molecule has 9 heteroatoms. The Morgan fingerprint density at radius 1 is 1.33 bits per heavy atom. The van der Waals surface area contributed by atoms with Gasteiger partial charge in [-0.1, -0.05) is 34.5 Å². The van der Waals surface area contributed by atoms with Crippen molar-refractivity contribution in [1.29, 1.82) is 0 Å². The molecule has 1 N–H and O–H groups in total. The highest BCUT2D eigenvalue weighted by Gasteiger charge is 2.18. The Bertz CT molecular complexity index is 777. The number of halogens is 2. The van der Waals surface area contributed by atoms with Crippen molar-refractivity contribution in [1.82, 2.24) is 9.88 Å². The number of carbonyl (C=O) groups excluding carboxylic acids is 2. The fraction of sp³-hybridized carbons (Fsp3) is 0.267. The number of thiazole rings is 1. The van der Waals surface area contributed by atoms with Gasteiger partial charge in [0.2, 0.25) is 0 Å². The zero-order valence-electron chi connectivity index (χ0n) is 13.2. The molecule has 0 bridgehead atoms. The fourth-order valence-corrected chi connectivity index (χ4v) is 3.21. The highest BCUT2D eigenvalue weighted by atomic mass is 35.5. The summed E-state index contributed by atoms with van der Waals surface area (Å²) in [5.41, 5.74) is 0.565. The van der Waals surface area contributed by atoms with Gasteiger partial charge in [-0.15, -0.1) is 0 Å². The molecule has 24 heavy (non-hydrogen) atoms. The van der Waals surface area contributed by atoms with Gasteiger partial charge in [-0.05, 0) is 25.1 Å². The van der Waals surface area contributed by atoms with Gasteiger partial charge in [0.25, 0.3) is 11.8 Å². The molecule has 0 radical (unpaired) electrons. The van der Waals surface area contributed by atoms with Crippen molar-refractivity contribution in [2.45, 2.75) is 6.92 Å². The van der Waals surface area contributed by atoms with Crippen molar-refractivity contribution in [3.05, 3.63) is 38.8 Å². The summed E-state index contributed by atoms with van der Waals surface area (Å²) < 4.78 is 5.35. The molecule has 0 aliphatic rings. The van der Waals surface area contributed by atoms with Gasteiger partial charge in [0.05, 0.1) is 10.7 Å². The summed E-state index contributed by atoms with van der Waals surface area (Å²) in [6.07, 6.45) is 0. The smallest absolute Gasteiger partial charge is 0.265 e. The van der Waals surface area contributed by atoms with Crippen LogP contribution in [0, 0.1) is 6.92 Å². The predicted octanol–water partition coefficient (Wildman–Crippen LogP) is 3.48. The molecule has 0 spiro atoms. The molecule has 1 heterocycles. The lowest BCUT2D eigenvalue weighted by atomic mass is 10.3. The van der Waals surface area contributed by atoms with E-state index in [1.165, 1.54) is 11.0 Å². The summed E-state index contributed by atoms with van der Waals surface area (Å²) in [6, 6.07) is 4.73. The number of ether oxygens (including phenoxy) is 1. The number of hydrogen-bond acceptors (Lipinski definition) is 5. The lowest BCUT2D eigenvalue weighted by Crippen LogP contribution is -2.21. The number of aromatic nitrogens is 1. The molecule has 2 aromatic rings. The van der Waals surface area contributed by atoms with Crippen LogP contribution in [0.3, 0.4) is 0 Å². The standard InChI is InChI=1S/C15H15Cl2N3O3S/c1-8-13(14(22)20(2)3)24-15(18-8)19-12(21)7-23-11-5-4-9(16)6-10(11)17/h4-6H,7H2,1-3H3,(H,18,19,21). The van der Waals surface area contributed by atoms with E-state index in [9.17, 15) is 9.59 Å². The van der Waals surface area contributed by atoms with Crippen LogP contribution >= 0.6 is 34.5 Å². The first-order chi connectivity index (χ1) is 11.3. The molecular weight excluding hydrogens is 373 g/mol. The van der Waals surface area contributed by atoms with E-state index in [0.29, 0.717) is 31.5 Å². The molecule has 0 fully saturated rings. The van der Waals surface area contributed by atoms with Gasteiger partial charge in [-0.2, -0.15) is 0 Å². The van der Waals surface area contributed by atoms with Gasteiger partial charge >= 0.3 is 0 Å². The number of aryl methyl sites for hydroxylation is 1. The highest BCUT2D eigenvalue weighted by molar-refractivity contribution is 7.17. The van der Waals surface area contributed by atoms with Crippen molar-refractivity contribution in [3.63, 3.8) is 0 Å². The first-order valence-corrected chi connectivity index (χ1v) is 8.42. The normalized spacial score (nSPS) is 10.4. The van der Waals surface area contributed by atoms with E-state index in [2.05, 4.69) is 10.3 Å². The van der Waals surface area contributed by atoms with Crippen LogP contribution in [0.2, 0.25) is 10.0 Å². The van der Waals surface area contributed by atoms with E-state index in [1.54, 1.807) is 33.2 Å². The molecule has 128 valence electrons. The van der Waals surface area contributed by atoms with Crippen LogP contribution < -0.4 is 10.1 Å². The van der Waals surface area contributed by atoms with E-state index in [0.717, 1.165) is 11.3 Å². The molecule has 0 aliphatic heterocycles. The van der Waals surface area contributed by atoms with Crippen LogP contribution in [0.15, 0.2) is 18.2 Å². The summed E-state index contributed by atoms with van der Waals surface area (Å²) in [5, 5.41) is 3.74. The molecule has 0 aliphatic carbocycles. The van der Waals surface area contributed by atoms with E-state index < -0.39 is 5.91 Å². The van der Waals surface area contributed by atoms with Crippen LogP contribution in [-0.2, 0) is 4.79 Å². The molecule has 2 rings (SSSR count). The summed E-state index contributed by atoms with van der Waals surface area (Å²) in [6.45, 7) is 1.48. The van der Waals surface area contributed by atoms with Gasteiger partial charge in [-0.25, -0.2) is 4.98 Å². The maximum Gasteiger partial charge on any atom is 0.265 e. The van der Waals surface area contributed by atoms with E-state index in [-0.39, 0.29) is 12.5 Å². The Morgan fingerprint density at radius 3 is 2.67 bits per heavy atom.